The highest BCUT2D eigenvalue weighted by atomic mass is 35.5. The zero-order valence-corrected chi connectivity index (χ0v) is 9.08. The van der Waals surface area contributed by atoms with E-state index in [0.717, 1.165) is 17.2 Å². The van der Waals surface area contributed by atoms with Crippen LogP contribution in [0.1, 0.15) is 51.4 Å². The van der Waals surface area contributed by atoms with Crippen LogP contribution in [-0.4, -0.2) is 5.88 Å². The summed E-state index contributed by atoms with van der Waals surface area (Å²) < 4.78 is 0. The molecule has 0 N–H and O–H groups in total. The summed E-state index contributed by atoms with van der Waals surface area (Å²) in [5.74, 6) is 2.02. The molecule has 0 atom stereocenters. The van der Waals surface area contributed by atoms with E-state index in [2.05, 4.69) is 0 Å². The molecule has 4 fully saturated rings. The Kier molecular flexibility index (Phi) is 1.75. The number of halogens is 1. The summed E-state index contributed by atoms with van der Waals surface area (Å²) in [6.07, 6.45) is 12.0. The number of rotatable bonds is 2. The maximum absolute atomic E-state index is 5.98. The fraction of sp³-hybridized carbons (Fsp3) is 1.00. The first-order valence-electron chi connectivity index (χ1n) is 5.85. The van der Waals surface area contributed by atoms with Gasteiger partial charge in [0, 0.05) is 5.88 Å². The molecule has 0 nitrogen and oxygen atoms in total. The first-order chi connectivity index (χ1) is 6.29. The van der Waals surface area contributed by atoms with Crippen LogP contribution in [0.5, 0.6) is 0 Å². The highest BCUT2D eigenvalue weighted by Gasteiger charge is 2.69. The van der Waals surface area contributed by atoms with E-state index in [-0.39, 0.29) is 0 Å². The lowest BCUT2D eigenvalue weighted by atomic mass is 9.32. The monoisotopic (exact) mass is 198 g/mol. The van der Waals surface area contributed by atoms with Crippen molar-refractivity contribution in [3.8, 4) is 0 Å². The van der Waals surface area contributed by atoms with Crippen molar-refractivity contribution < 1.29 is 0 Å². The first-order valence-corrected chi connectivity index (χ1v) is 6.38. The predicted molar refractivity (Wildman–Crippen MR) is 56.0 cm³/mol. The topological polar surface area (TPSA) is 0 Å². The quantitative estimate of drug-likeness (QED) is 0.589. The van der Waals surface area contributed by atoms with Crippen molar-refractivity contribution in [2.24, 2.45) is 16.7 Å². The van der Waals surface area contributed by atoms with Gasteiger partial charge in [0.2, 0.25) is 0 Å². The second-order valence-electron chi connectivity index (χ2n) is 5.86. The van der Waals surface area contributed by atoms with Crippen molar-refractivity contribution >= 4 is 11.6 Å². The lowest BCUT2D eigenvalue weighted by molar-refractivity contribution is -0.227. The largest absolute Gasteiger partial charge is 0.126 e. The van der Waals surface area contributed by atoms with E-state index in [1.807, 2.05) is 0 Å². The Morgan fingerprint density at radius 1 is 1.00 bits per heavy atom. The van der Waals surface area contributed by atoms with E-state index < -0.39 is 0 Å². The average molecular weight is 199 g/mol. The van der Waals surface area contributed by atoms with Crippen LogP contribution in [0, 0.1) is 16.7 Å². The van der Waals surface area contributed by atoms with E-state index in [9.17, 15) is 0 Å². The second kappa shape index (κ2) is 2.66. The van der Waals surface area contributed by atoms with Gasteiger partial charge in [-0.1, -0.05) is 19.3 Å². The van der Waals surface area contributed by atoms with Gasteiger partial charge in [0.1, 0.15) is 0 Å². The molecule has 2 bridgehead atoms. The molecule has 4 aliphatic carbocycles. The van der Waals surface area contributed by atoms with Crippen molar-refractivity contribution in [1.82, 2.24) is 0 Å². The van der Waals surface area contributed by atoms with Crippen molar-refractivity contribution in [3.05, 3.63) is 0 Å². The zero-order chi connectivity index (χ0) is 8.94. The summed E-state index contributed by atoms with van der Waals surface area (Å²) in [4.78, 5) is 0. The Labute approximate surface area is 86.0 Å². The molecule has 0 saturated heterocycles. The fourth-order valence-corrected chi connectivity index (χ4v) is 4.66. The summed E-state index contributed by atoms with van der Waals surface area (Å²) in [6.45, 7) is 0. The van der Waals surface area contributed by atoms with Gasteiger partial charge in [-0.15, -0.1) is 11.6 Å². The van der Waals surface area contributed by atoms with Gasteiger partial charge in [-0.3, -0.25) is 0 Å². The molecule has 0 aromatic rings. The van der Waals surface area contributed by atoms with Gasteiger partial charge in [0.25, 0.3) is 0 Å². The predicted octanol–water partition coefficient (Wildman–Crippen LogP) is 3.98. The Morgan fingerprint density at radius 2 is 1.62 bits per heavy atom. The SMILES string of the molecule is ClCC12CC(C3CCCCC3)(C1)C2. The van der Waals surface area contributed by atoms with Crippen LogP contribution in [0.4, 0.5) is 0 Å². The molecule has 0 aliphatic heterocycles. The Balaban J connectivity index is 1.63. The number of hydrogen-bond acceptors (Lipinski definition) is 0. The molecule has 13 heavy (non-hydrogen) atoms. The summed E-state index contributed by atoms with van der Waals surface area (Å²) in [7, 11) is 0. The van der Waals surface area contributed by atoms with Gasteiger partial charge in [-0.25, -0.2) is 0 Å². The molecule has 74 valence electrons. The van der Waals surface area contributed by atoms with Crippen LogP contribution in [0.25, 0.3) is 0 Å². The standard InChI is InChI=1S/C12H19Cl/c13-9-11-6-12(7-11,8-11)10-4-2-1-3-5-10/h10H,1-9H2. The normalized spacial score (nSPS) is 49.6. The molecule has 0 unspecified atom stereocenters. The first kappa shape index (κ1) is 8.59. The van der Waals surface area contributed by atoms with Gasteiger partial charge in [0.05, 0.1) is 0 Å². The second-order valence-corrected chi connectivity index (χ2v) is 6.13. The maximum atomic E-state index is 5.98. The van der Waals surface area contributed by atoms with E-state index >= 15 is 0 Å². The smallest absolute Gasteiger partial charge is 0.0280 e. The highest BCUT2D eigenvalue weighted by molar-refractivity contribution is 6.18. The maximum Gasteiger partial charge on any atom is 0.0280 e. The molecule has 0 heterocycles. The van der Waals surface area contributed by atoms with E-state index in [4.69, 9.17) is 11.6 Å². The molecule has 0 radical (unpaired) electrons. The molecule has 0 spiro atoms. The molecule has 1 heteroatoms. The Morgan fingerprint density at radius 3 is 2.15 bits per heavy atom. The third kappa shape index (κ3) is 1.04. The van der Waals surface area contributed by atoms with E-state index in [1.54, 1.807) is 0 Å². The molecule has 4 saturated carbocycles. The fourth-order valence-electron chi connectivity index (χ4n) is 4.37. The van der Waals surface area contributed by atoms with Gasteiger partial charge in [-0.05, 0) is 48.9 Å². The molecular weight excluding hydrogens is 180 g/mol. The molecule has 4 rings (SSSR count). The Hall–Kier alpha value is 0.290. The third-order valence-corrected chi connectivity index (χ3v) is 5.50. The van der Waals surface area contributed by atoms with Crippen LogP contribution in [-0.2, 0) is 0 Å². The molecule has 4 aliphatic rings. The molecular formula is C12H19Cl. The summed E-state index contributed by atoms with van der Waals surface area (Å²) in [6, 6.07) is 0. The summed E-state index contributed by atoms with van der Waals surface area (Å²) in [5.41, 5.74) is 1.45. The van der Waals surface area contributed by atoms with Crippen molar-refractivity contribution in [2.75, 3.05) is 5.88 Å². The van der Waals surface area contributed by atoms with Crippen molar-refractivity contribution in [3.63, 3.8) is 0 Å². The minimum absolute atomic E-state index is 0.638. The van der Waals surface area contributed by atoms with E-state index in [0.29, 0.717) is 5.41 Å². The zero-order valence-electron chi connectivity index (χ0n) is 8.32. The van der Waals surface area contributed by atoms with Crippen molar-refractivity contribution in [1.29, 1.82) is 0 Å². The van der Waals surface area contributed by atoms with Gasteiger partial charge in [0.15, 0.2) is 0 Å². The molecule has 0 aromatic carbocycles. The Bertz CT molecular complexity index is 195. The number of hydrogen-bond donors (Lipinski definition) is 0. The van der Waals surface area contributed by atoms with Gasteiger partial charge >= 0.3 is 0 Å². The van der Waals surface area contributed by atoms with Crippen LogP contribution >= 0.6 is 11.6 Å². The van der Waals surface area contributed by atoms with Crippen LogP contribution in [0.15, 0.2) is 0 Å². The minimum atomic E-state index is 0.638. The number of alkyl halides is 1. The summed E-state index contributed by atoms with van der Waals surface area (Å²) in [5, 5.41) is 0. The van der Waals surface area contributed by atoms with Gasteiger partial charge in [-0.2, -0.15) is 0 Å². The van der Waals surface area contributed by atoms with E-state index in [1.165, 1.54) is 51.4 Å². The van der Waals surface area contributed by atoms with Crippen LogP contribution in [0.3, 0.4) is 0 Å². The van der Waals surface area contributed by atoms with Gasteiger partial charge < -0.3 is 0 Å². The summed E-state index contributed by atoms with van der Waals surface area (Å²) >= 11 is 5.98. The third-order valence-electron chi connectivity index (χ3n) is 4.94. The minimum Gasteiger partial charge on any atom is -0.126 e. The van der Waals surface area contributed by atoms with Crippen LogP contribution in [0.2, 0.25) is 0 Å². The molecule has 0 aromatic heterocycles. The van der Waals surface area contributed by atoms with Crippen LogP contribution < -0.4 is 0 Å². The van der Waals surface area contributed by atoms with Crippen molar-refractivity contribution in [2.45, 2.75) is 51.4 Å². The highest BCUT2D eigenvalue weighted by Crippen LogP contribution is 2.77. The lowest BCUT2D eigenvalue weighted by Gasteiger charge is -2.74. The average Bonchev–Trinajstić information content (AvgIpc) is 2.02. The molecule has 0 amide bonds. The lowest BCUT2D eigenvalue weighted by Crippen LogP contribution is -2.65.